The fourth-order valence-corrected chi connectivity index (χ4v) is 0. The molecule has 0 aliphatic heterocycles. The summed E-state index contributed by atoms with van der Waals surface area (Å²) in [4.78, 5) is 0. The van der Waals surface area contributed by atoms with Crippen molar-refractivity contribution in [2.24, 2.45) is 0 Å². The van der Waals surface area contributed by atoms with E-state index in [1.807, 2.05) is 0 Å². The van der Waals surface area contributed by atoms with Gasteiger partial charge in [0.1, 0.15) is 0 Å². The van der Waals surface area contributed by atoms with Crippen molar-refractivity contribution < 1.29 is 19.5 Å². The van der Waals surface area contributed by atoms with E-state index >= 15 is 0 Å². The Balaban J connectivity index is -0.0000000400. The van der Waals surface area contributed by atoms with Gasteiger partial charge in [-0.3, -0.25) is 0 Å². The van der Waals surface area contributed by atoms with Gasteiger partial charge in [-0.2, -0.15) is 10.7 Å². The summed E-state index contributed by atoms with van der Waals surface area (Å²) in [5, 5.41) is 1.89. The van der Waals surface area contributed by atoms with Crippen LogP contribution in [0, 0.1) is 10.7 Å². The SMILES string of the molecule is Cl[CH-]Cl.Cl[CH-]Cl.[Zn+2]. The Morgan fingerprint density at radius 3 is 0.714 bits per heavy atom. The van der Waals surface area contributed by atoms with E-state index in [4.69, 9.17) is 0 Å². The van der Waals surface area contributed by atoms with E-state index < -0.39 is 0 Å². The van der Waals surface area contributed by atoms with Gasteiger partial charge in [-0.05, 0) is 0 Å². The predicted octanol–water partition coefficient (Wildman–Crippen LogP) is 3.16. The number of rotatable bonds is 0. The van der Waals surface area contributed by atoms with E-state index in [2.05, 4.69) is 46.4 Å². The molecule has 0 atom stereocenters. The predicted molar refractivity (Wildman–Crippen MR) is 32.0 cm³/mol. The van der Waals surface area contributed by atoms with E-state index in [-0.39, 0.29) is 19.5 Å². The fourth-order valence-electron chi connectivity index (χ4n) is 0. The second-order valence-corrected chi connectivity index (χ2v) is 1.48. The molecule has 0 heterocycles. The minimum atomic E-state index is 0. The first-order valence-corrected chi connectivity index (χ1v) is 2.62. The van der Waals surface area contributed by atoms with Crippen LogP contribution in [0.3, 0.4) is 0 Å². The molecule has 0 aliphatic rings. The van der Waals surface area contributed by atoms with Crippen molar-refractivity contribution in [2.45, 2.75) is 0 Å². The number of halogens is 4. The molecule has 0 aliphatic carbocycles. The van der Waals surface area contributed by atoms with Crippen LogP contribution in [0.4, 0.5) is 0 Å². The summed E-state index contributed by atoms with van der Waals surface area (Å²) in [6.45, 7) is 0. The molecule has 7 heavy (non-hydrogen) atoms. The van der Waals surface area contributed by atoms with Crippen LogP contribution >= 0.6 is 46.4 Å². The largest absolute Gasteiger partial charge is 2.00 e. The van der Waals surface area contributed by atoms with Crippen LogP contribution in [-0.2, 0) is 19.5 Å². The average Bonchev–Trinajstić information content (AvgIpc) is 1.39. The van der Waals surface area contributed by atoms with E-state index in [9.17, 15) is 0 Å². The molecular formula is C2H2Cl4Zn. The van der Waals surface area contributed by atoms with E-state index in [1.165, 1.54) is 0 Å². The van der Waals surface area contributed by atoms with Gasteiger partial charge >= 0.3 is 19.5 Å². The second-order valence-electron chi connectivity index (χ2n) is 0.165. The molecule has 0 radical (unpaired) electrons. The molecule has 0 aromatic heterocycles. The molecule has 0 unspecified atom stereocenters. The van der Waals surface area contributed by atoms with Crippen molar-refractivity contribution in [1.82, 2.24) is 0 Å². The number of hydrogen-bond acceptors (Lipinski definition) is 0. The molecule has 0 bridgehead atoms. The van der Waals surface area contributed by atoms with Crippen molar-refractivity contribution >= 4 is 46.4 Å². The maximum absolute atomic E-state index is 4.64. The summed E-state index contributed by atoms with van der Waals surface area (Å²) in [6, 6.07) is 0. The van der Waals surface area contributed by atoms with Crippen LogP contribution in [-0.4, -0.2) is 0 Å². The van der Waals surface area contributed by atoms with Crippen LogP contribution in [0.1, 0.15) is 0 Å². The van der Waals surface area contributed by atoms with Crippen LogP contribution in [0.5, 0.6) is 0 Å². The zero-order valence-electron chi connectivity index (χ0n) is 3.37. The third-order valence-corrected chi connectivity index (χ3v) is 0. The Hall–Kier alpha value is 1.78. The summed E-state index contributed by atoms with van der Waals surface area (Å²) >= 11 is 18.6. The first-order chi connectivity index (χ1) is 2.83. The smallest absolute Gasteiger partial charge is 0.333 e. The van der Waals surface area contributed by atoms with Crippen molar-refractivity contribution in [1.29, 1.82) is 0 Å². The first kappa shape index (κ1) is 15.9. The molecule has 0 fully saturated rings. The van der Waals surface area contributed by atoms with Crippen LogP contribution in [0.2, 0.25) is 0 Å². The zero-order valence-corrected chi connectivity index (χ0v) is 9.36. The van der Waals surface area contributed by atoms with Crippen molar-refractivity contribution in [2.75, 3.05) is 0 Å². The molecule has 0 amide bonds. The molecule has 5 heteroatoms. The van der Waals surface area contributed by atoms with E-state index in [1.54, 1.807) is 0 Å². The molecule has 0 spiro atoms. The van der Waals surface area contributed by atoms with Gasteiger partial charge in [0, 0.05) is 0 Å². The van der Waals surface area contributed by atoms with Gasteiger partial charge in [0.25, 0.3) is 0 Å². The van der Waals surface area contributed by atoms with Crippen molar-refractivity contribution in [3.63, 3.8) is 0 Å². The third-order valence-electron chi connectivity index (χ3n) is 0. The molecule has 40 valence electrons. The Bertz CT molecular complexity index is 11.7. The summed E-state index contributed by atoms with van der Waals surface area (Å²) < 4.78 is 0. The Morgan fingerprint density at radius 2 is 0.714 bits per heavy atom. The topological polar surface area (TPSA) is 0 Å². The summed E-state index contributed by atoms with van der Waals surface area (Å²) in [5.74, 6) is 0. The Labute approximate surface area is 76.2 Å². The second kappa shape index (κ2) is 25.0. The molecule has 0 nitrogen and oxygen atoms in total. The quantitative estimate of drug-likeness (QED) is 0.445. The van der Waals surface area contributed by atoms with Crippen molar-refractivity contribution in [3.8, 4) is 0 Å². The molecule has 0 saturated carbocycles. The maximum Gasteiger partial charge on any atom is 2.00 e. The molecule has 0 saturated heterocycles. The van der Waals surface area contributed by atoms with Gasteiger partial charge in [0.2, 0.25) is 0 Å². The Kier molecular flexibility index (Phi) is 56.9. The van der Waals surface area contributed by atoms with Gasteiger partial charge in [-0.1, -0.05) is 0 Å². The van der Waals surface area contributed by atoms with Gasteiger partial charge < -0.3 is 46.4 Å². The minimum Gasteiger partial charge on any atom is -0.333 e. The summed E-state index contributed by atoms with van der Waals surface area (Å²) in [6.07, 6.45) is 0. The van der Waals surface area contributed by atoms with E-state index in [0.717, 1.165) is 10.7 Å². The third kappa shape index (κ3) is 81.9. The average molecular weight is 233 g/mol. The first-order valence-electron chi connectivity index (χ1n) is 0.873. The van der Waals surface area contributed by atoms with Gasteiger partial charge in [0.15, 0.2) is 0 Å². The molecule has 0 rings (SSSR count). The summed E-state index contributed by atoms with van der Waals surface area (Å²) in [7, 11) is 0. The van der Waals surface area contributed by atoms with Crippen molar-refractivity contribution in [3.05, 3.63) is 10.7 Å². The molecule has 0 N–H and O–H groups in total. The monoisotopic (exact) mass is 230 g/mol. The fraction of sp³-hybridized carbons (Fsp3) is 0. The molecule has 0 aromatic rings. The number of hydrogen-bond donors (Lipinski definition) is 0. The maximum atomic E-state index is 4.64. The Morgan fingerprint density at radius 1 is 0.714 bits per heavy atom. The normalized spacial score (nSPS) is 5.14. The zero-order chi connectivity index (χ0) is 5.41. The van der Waals surface area contributed by atoms with Gasteiger partial charge in [0.05, 0.1) is 0 Å². The van der Waals surface area contributed by atoms with Crippen LogP contribution in [0.25, 0.3) is 0 Å². The standard InChI is InChI=1S/2CHCl2.Zn/c2*2-1-3;/h2*1H;/q2*-1;+2. The summed E-state index contributed by atoms with van der Waals surface area (Å²) in [5.41, 5.74) is 0. The van der Waals surface area contributed by atoms with E-state index in [0.29, 0.717) is 0 Å². The minimum absolute atomic E-state index is 0. The van der Waals surface area contributed by atoms with Gasteiger partial charge in [-0.25, -0.2) is 0 Å². The molecule has 0 aromatic carbocycles. The van der Waals surface area contributed by atoms with Crippen LogP contribution in [0.15, 0.2) is 0 Å². The van der Waals surface area contributed by atoms with Crippen LogP contribution < -0.4 is 0 Å². The molecular weight excluding hydrogens is 231 g/mol. The van der Waals surface area contributed by atoms with Gasteiger partial charge in [-0.15, -0.1) is 0 Å².